The van der Waals surface area contributed by atoms with E-state index >= 15 is 0 Å². The van der Waals surface area contributed by atoms with Crippen molar-refractivity contribution in [2.24, 2.45) is 5.92 Å². The van der Waals surface area contributed by atoms with Gasteiger partial charge < -0.3 is 10.0 Å². The van der Waals surface area contributed by atoms with E-state index in [-0.39, 0.29) is 11.9 Å². The summed E-state index contributed by atoms with van der Waals surface area (Å²) in [5.41, 5.74) is 0.946. The summed E-state index contributed by atoms with van der Waals surface area (Å²) in [7, 11) is 0. The molecule has 2 N–H and O–H groups in total. The van der Waals surface area contributed by atoms with Crippen LogP contribution in [0.1, 0.15) is 36.4 Å². The summed E-state index contributed by atoms with van der Waals surface area (Å²) < 4.78 is 0. The van der Waals surface area contributed by atoms with Gasteiger partial charge in [-0.2, -0.15) is 0 Å². The van der Waals surface area contributed by atoms with Gasteiger partial charge in [-0.15, -0.1) is 10.2 Å². The first-order valence-corrected chi connectivity index (χ1v) is 9.10. The van der Waals surface area contributed by atoms with Gasteiger partial charge in [-0.25, -0.2) is 4.79 Å². The van der Waals surface area contributed by atoms with Crippen molar-refractivity contribution in [1.82, 2.24) is 15.1 Å². The van der Waals surface area contributed by atoms with Crippen LogP contribution in [0.25, 0.3) is 0 Å². The van der Waals surface area contributed by atoms with Crippen LogP contribution in [0, 0.1) is 5.92 Å². The number of nitrogens with zero attached hydrogens (tertiary/aromatic N) is 3. The van der Waals surface area contributed by atoms with Gasteiger partial charge in [0, 0.05) is 13.1 Å². The molecule has 6 nitrogen and oxygen atoms in total. The number of amides is 2. The second kappa shape index (κ2) is 7.72. The molecule has 2 heterocycles. The lowest BCUT2D eigenvalue weighted by Gasteiger charge is -2.34. The summed E-state index contributed by atoms with van der Waals surface area (Å²) in [5.74, 6) is 0.185. The van der Waals surface area contributed by atoms with E-state index in [1.54, 1.807) is 4.90 Å². The van der Waals surface area contributed by atoms with Gasteiger partial charge in [0.15, 0.2) is 0 Å². The number of benzene rings is 1. The lowest BCUT2D eigenvalue weighted by atomic mass is 9.87. The Labute approximate surface area is 145 Å². The monoisotopic (exact) mass is 346 g/mol. The molecule has 1 aromatic carbocycles. The highest BCUT2D eigenvalue weighted by molar-refractivity contribution is 7.15. The Kier molecular flexibility index (Phi) is 5.42. The fourth-order valence-electron chi connectivity index (χ4n) is 2.96. The first kappa shape index (κ1) is 16.9. The van der Waals surface area contributed by atoms with E-state index in [4.69, 9.17) is 0 Å². The summed E-state index contributed by atoms with van der Waals surface area (Å²) in [5, 5.41) is 22.7. The molecule has 0 aliphatic carbocycles. The van der Waals surface area contributed by atoms with Gasteiger partial charge in [0.25, 0.3) is 0 Å². The lowest BCUT2D eigenvalue weighted by molar-refractivity contribution is 0.0683. The number of piperidine rings is 1. The molecule has 3 rings (SSSR count). The Morgan fingerprint density at radius 3 is 2.67 bits per heavy atom. The number of aromatic nitrogens is 2. The van der Waals surface area contributed by atoms with Gasteiger partial charge in [0.05, 0.1) is 6.10 Å². The van der Waals surface area contributed by atoms with Crippen molar-refractivity contribution in [3.63, 3.8) is 0 Å². The number of urea groups is 1. The molecule has 128 valence electrons. The Morgan fingerprint density at radius 2 is 2.04 bits per heavy atom. The van der Waals surface area contributed by atoms with E-state index in [9.17, 15) is 9.90 Å². The third kappa shape index (κ3) is 3.91. The van der Waals surface area contributed by atoms with Gasteiger partial charge in [0.2, 0.25) is 5.13 Å². The number of anilines is 1. The van der Waals surface area contributed by atoms with Crippen LogP contribution in [0.3, 0.4) is 0 Å². The van der Waals surface area contributed by atoms with Crippen LogP contribution in [-0.4, -0.2) is 39.3 Å². The average Bonchev–Trinajstić information content (AvgIpc) is 3.09. The molecule has 1 unspecified atom stereocenters. The number of hydrogen-bond donors (Lipinski definition) is 2. The van der Waals surface area contributed by atoms with Crippen molar-refractivity contribution in [2.45, 2.75) is 32.3 Å². The van der Waals surface area contributed by atoms with E-state index in [2.05, 4.69) is 15.5 Å². The number of aliphatic hydroxyl groups is 1. The molecule has 2 aromatic rings. The van der Waals surface area contributed by atoms with E-state index < -0.39 is 6.10 Å². The number of carbonyl (C=O) groups excluding carboxylic acids is 1. The number of nitrogens with one attached hydrogen (secondary N) is 1. The maximum absolute atomic E-state index is 12.3. The zero-order valence-corrected chi connectivity index (χ0v) is 14.5. The Balaban J connectivity index is 1.52. The van der Waals surface area contributed by atoms with Gasteiger partial charge in [-0.1, -0.05) is 48.6 Å². The molecule has 7 heteroatoms. The molecule has 1 fully saturated rings. The summed E-state index contributed by atoms with van der Waals surface area (Å²) in [6.45, 7) is 3.29. The molecule has 2 amide bonds. The van der Waals surface area contributed by atoms with Crippen molar-refractivity contribution in [1.29, 1.82) is 0 Å². The topological polar surface area (TPSA) is 78.4 Å². The molecule has 1 atom stereocenters. The molecule has 0 bridgehead atoms. The van der Waals surface area contributed by atoms with E-state index in [1.807, 2.05) is 37.3 Å². The number of hydrogen-bond acceptors (Lipinski definition) is 5. The number of likely N-dealkylation sites (tertiary alicyclic amines) is 1. The summed E-state index contributed by atoms with van der Waals surface area (Å²) in [6.07, 6.45) is 1.93. The standard InChI is InChI=1S/C17H22N4O2S/c1-2-14-19-20-16(24-14)18-17(23)21-10-8-13(9-11-21)15(22)12-6-4-3-5-7-12/h3-7,13,15,22H,2,8-11H2,1H3,(H,18,20,23). The van der Waals surface area contributed by atoms with Crippen molar-refractivity contribution < 1.29 is 9.90 Å². The molecule has 0 radical (unpaired) electrons. The van der Waals surface area contributed by atoms with Crippen LogP contribution in [0.4, 0.5) is 9.93 Å². The Morgan fingerprint density at radius 1 is 1.33 bits per heavy atom. The van der Waals surface area contributed by atoms with Crippen molar-refractivity contribution >= 4 is 22.5 Å². The second-order valence-corrected chi connectivity index (χ2v) is 7.03. The maximum atomic E-state index is 12.3. The Bertz CT molecular complexity index is 668. The molecule has 1 aliphatic heterocycles. The number of aliphatic hydroxyl groups excluding tert-OH is 1. The van der Waals surface area contributed by atoms with Crippen LogP contribution >= 0.6 is 11.3 Å². The molecule has 24 heavy (non-hydrogen) atoms. The van der Waals surface area contributed by atoms with E-state index in [0.29, 0.717) is 18.2 Å². The van der Waals surface area contributed by atoms with Crippen molar-refractivity contribution in [3.05, 3.63) is 40.9 Å². The highest BCUT2D eigenvalue weighted by atomic mass is 32.1. The summed E-state index contributed by atoms with van der Waals surface area (Å²) >= 11 is 1.41. The summed E-state index contributed by atoms with van der Waals surface area (Å²) in [4.78, 5) is 14.1. The van der Waals surface area contributed by atoms with Crippen LogP contribution < -0.4 is 5.32 Å². The predicted molar refractivity (Wildman–Crippen MR) is 94.0 cm³/mol. The third-order valence-corrected chi connectivity index (χ3v) is 5.38. The first-order chi connectivity index (χ1) is 11.7. The number of rotatable bonds is 4. The minimum Gasteiger partial charge on any atom is -0.388 e. The normalized spacial score (nSPS) is 16.8. The average molecular weight is 346 g/mol. The van der Waals surface area contributed by atoms with Crippen LogP contribution in [0.15, 0.2) is 30.3 Å². The highest BCUT2D eigenvalue weighted by Crippen LogP contribution is 2.30. The van der Waals surface area contributed by atoms with Crippen molar-refractivity contribution in [3.8, 4) is 0 Å². The predicted octanol–water partition coefficient (Wildman–Crippen LogP) is 3.08. The largest absolute Gasteiger partial charge is 0.388 e. The highest BCUT2D eigenvalue weighted by Gasteiger charge is 2.28. The maximum Gasteiger partial charge on any atom is 0.323 e. The van der Waals surface area contributed by atoms with E-state index in [1.165, 1.54) is 11.3 Å². The molecule has 1 aliphatic rings. The molecule has 1 saturated heterocycles. The minimum atomic E-state index is -0.466. The SMILES string of the molecule is CCc1nnc(NC(=O)N2CCC(C(O)c3ccccc3)CC2)s1. The van der Waals surface area contributed by atoms with Crippen LogP contribution in [0.2, 0.25) is 0 Å². The smallest absolute Gasteiger partial charge is 0.323 e. The van der Waals surface area contributed by atoms with Gasteiger partial charge >= 0.3 is 6.03 Å². The molecular formula is C17H22N4O2S. The lowest BCUT2D eigenvalue weighted by Crippen LogP contribution is -2.42. The molecule has 0 spiro atoms. The fraction of sp³-hybridized carbons (Fsp3) is 0.471. The quantitative estimate of drug-likeness (QED) is 0.892. The minimum absolute atomic E-state index is 0.138. The van der Waals surface area contributed by atoms with Gasteiger partial charge in [-0.05, 0) is 30.7 Å². The zero-order valence-electron chi connectivity index (χ0n) is 13.7. The second-order valence-electron chi connectivity index (χ2n) is 5.96. The third-order valence-electron chi connectivity index (χ3n) is 4.40. The molecule has 1 aromatic heterocycles. The van der Waals surface area contributed by atoms with Gasteiger partial charge in [0.1, 0.15) is 5.01 Å². The van der Waals surface area contributed by atoms with Crippen LogP contribution in [-0.2, 0) is 6.42 Å². The number of aryl methyl sites for hydroxylation is 1. The summed E-state index contributed by atoms with van der Waals surface area (Å²) in [6, 6.07) is 9.58. The van der Waals surface area contributed by atoms with Crippen molar-refractivity contribution in [2.75, 3.05) is 18.4 Å². The first-order valence-electron chi connectivity index (χ1n) is 8.28. The Hall–Kier alpha value is -1.99. The fourth-order valence-corrected chi connectivity index (χ4v) is 3.63. The van der Waals surface area contributed by atoms with Gasteiger partial charge in [-0.3, -0.25) is 5.32 Å². The zero-order chi connectivity index (χ0) is 16.9. The van der Waals surface area contributed by atoms with Crippen LogP contribution in [0.5, 0.6) is 0 Å². The molecule has 0 saturated carbocycles. The molecular weight excluding hydrogens is 324 g/mol. The number of carbonyl (C=O) groups is 1. The van der Waals surface area contributed by atoms with E-state index in [0.717, 1.165) is 29.8 Å².